The summed E-state index contributed by atoms with van der Waals surface area (Å²) in [6.07, 6.45) is 2.70. The first-order chi connectivity index (χ1) is 9.07. The molecule has 0 radical (unpaired) electrons. The quantitative estimate of drug-likeness (QED) is 0.334. The Morgan fingerprint density at radius 2 is 2.00 bits per heavy atom. The summed E-state index contributed by atoms with van der Waals surface area (Å²) in [6.45, 7) is 0.571. The van der Waals surface area contributed by atoms with Crippen LogP contribution in [0.5, 0.6) is 0 Å². The summed E-state index contributed by atoms with van der Waals surface area (Å²) >= 11 is 5.58. The van der Waals surface area contributed by atoms with Gasteiger partial charge in [0.25, 0.3) is 11.6 Å². The van der Waals surface area contributed by atoms with Crippen molar-refractivity contribution in [3.05, 3.63) is 39.9 Å². The predicted octanol–water partition coefficient (Wildman–Crippen LogP) is 3.08. The molecule has 0 spiro atoms. The molecule has 0 heterocycles. The van der Waals surface area contributed by atoms with Gasteiger partial charge in [-0.25, -0.2) is 0 Å². The minimum absolute atomic E-state index is 0.132. The smallest absolute Gasteiger partial charge is 0.282 e. The van der Waals surface area contributed by atoms with Gasteiger partial charge in [0.2, 0.25) is 0 Å². The monoisotopic (exact) mass is 284 g/mol. The molecule has 0 aliphatic heterocycles. The van der Waals surface area contributed by atoms with Gasteiger partial charge in [0.05, 0.1) is 4.92 Å². The summed E-state index contributed by atoms with van der Waals surface area (Å²) in [5.74, 6) is 0.292. The summed E-state index contributed by atoms with van der Waals surface area (Å²) in [4.78, 5) is 24.0. The van der Waals surface area contributed by atoms with Gasteiger partial charge in [-0.3, -0.25) is 14.9 Å². The summed E-state index contributed by atoms with van der Waals surface area (Å²) < 4.78 is 0. The van der Waals surface area contributed by atoms with Gasteiger partial charge < -0.3 is 4.90 Å². The normalized spacial score (nSPS) is 10.2. The first-order valence-electron chi connectivity index (χ1n) is 6.12. The van der Waals surface area contributed by atoms with Gasteiger partial charge in [-0.15, -0.1) is 11.6 Å². The van der Waals surface area contributed by atoms with E-state index in [1.807, 2.05) is 0 Å². The van der Waals surface area contributed by atoms with E-state index in [9.17, 15) is 14.9 Å². The van der Waals surface area contributed by atoms with Crippen LogP contribution in [0.4, 0.5) is 5.69 Å². The summed E-state index contributed by atoms with van der Waals surface area (Å²) in [7, 11) is 1.65. The number of benzene rings is 1. The number of nitro benzene ring substituents is 1. The van der Waals surface area contributed by atoms with E-state index in [-0.39, 0.29) is 17.2 Å². The third-order valence-corrected chi connectivity index (χ3v) is 3.07. The maximum Gasteiger partial charge on any atom is 0.282 e. The molecule has 5 nitrogen and oxygen atoms in total. The molecular formula is C13H17ClN2O3. The van der Waals surface area contributed by atoms with Gasteiger partial charge in [-0.2, -0.15) is 0 Å². The van der Waals surface area contributed by atoms with Crippen molar-refractivity contribution < 1.29 is 9.72 Å². The van der Waals surface area contributed by atoms with E-state index in [1.165, 1.54) is 17.0 Å². The third-order valence-electron chi connectivity index (χ3n) is 2.81. The lowest BCUT2D eigenvalue weighted by atomic mass is 10.1. The van der Waals surface area contributed by atoms with Crippen molar-refractivity contribution in [1.82, 2.24) is 4.90 Å². The van der Waals surface area contributed by atoms with E-state index < -0.39 is 4.92 Å². The number of carbonyl (C=O) groups is 1. The van der Waals surface area contributed by atoms with Crippen LogP contribution in [0.25, 0.3) is 0 Å². The fourth-order valence-electron chi connectivity index (χ4n) is 1.74. The number of halogens is 1. The maximum atomic E-state index is 12.1. The van der Waals surface area contributed by atoms with Crippen molar-refractivity contribution in [3.8, 4) is 0 Å². The molecule has 0 unspecified atom stereocenters. The van der Waals surface area contributed by atoms with Crippen LogP contribution in [0.2, 0.25) is 0 Å². The Morgan fingerprint density at radius 3 is 2.63 bits per heavy atom. The molecule has 0 atom stereocenters. The van der Waals surface area contributed by atoms with Crippen molar-refractivity contribution in [2.45, 2.75) is 19.3 Å². The number of alkyl halides is 1. The van der Waals surface area contributed by atoms with Crippen molar-refractivity contribution in [3.63, 3.8) is 0 Å². The fraction of sp³-hybridized carbons (Fsp3) is 0.462. The standard InChI is InChI=1S/C13H17ClN2O3/c1-15(10-6-2-5-9-14)13(17)11-7-3-4-8-12(11)16(18)19/h3-4,7-8H,2,5-6,9-10H2,1H3. The summed E-state index contributed by atoms with van der Waals surface area (Å²) in [5.41, 5.74) is -0.0209. The van der Waals surface area contributed by atoms with E-state index in [4.69, 9.17) is 11.6 Å². The van der Waals surface area contributed by atoms with E-state index in [2.05, 4.69) is 0 Å². The van der Waals surface area contributed by atoms with Crippen LogP contribution in [0.15, 0.2) is 24.3 Å². The number of nitrogens with zero attached hydrogens (tertiary/aromatic N) is 2. The molecular weight excluding hydrogens is 268 g/mol. The van der Waals surface area contributed by atoms with Crippen molar-refractivity contribution in [2.24, 2.45) is 0 Å². The minimum atomic E-state index is -0.533. The van der Waals surface area contributed by atoms with E-state index in [0.29, 0.717) is 12.4 Å². The molecule has 0 aliphatic carbocycles. The molecule has 0 fully saturated rings. The number of amides is 1. The van der Waals surface area contributed by atoms with Gasteiger partial charge in [-0.05, 0) is 18.9 Å². The molecule has 6 heteroatoms. The second-order valence-corrected chi connectivity index (χ2v) is 4.63. The SMILES string of the molecule is CN(CCCCCCl)C(=O)c1ccccc1[N+](=O)[O-]. The van der Waals surface area contributed by atoms with Gasteiger partial charge in [-0.1, -0.05) is 18.6 Å². The average Bonchev–Trinajstić information content (AvgIpc) is 2.42. The summed E-state index contributed by atoms with van der Waals surface area (Å²) in [6, 6.07) is 6.00. The van der Waals surface area contributed by atoms with Crippen LogP contribution in [0.3, 0.4) is 0 Å². The Morgan fingerprint density at radius 1 is 1.32 bits per heavy atom. The molecule has 19 heavy (non-hydrogen) atoms. The van der Waals surface area contributed by atoms with Gasteiger partial charge >= 0.3 is 0 Å². The largest absolute Gasteiger partial charge is 0.341 e. The molecule has 0 N–H and O–H groups in total. The zero-order valence-electron chi connectivity index (χ0n) is 10.8. The lowest BCUT2D eigenvalue weighted by molar-refractivity contribution is -0.385. The molecule has 1 amide bonds. The topological polar surface area (TPSA) is 63.5 Å². The predicted molar refractivity (Wildman–Crippen MR) is 74.6 cm³/mol. The van der Waals surface area contributed by atoms with Crippen LogP contribution in [0, 0.1) is 10.1 Å². The fourth-order valence-corrected chi connectivity index (χ4v) is 1.93. The van der Waals surface area contributed by atoms with Crippen LogP contribution in [0.1, 0.15) is 29.6 Å². The number of carbonyl (C=O) groups excluding carboxylic acids is 1. The zero-order chi connectivity index (χ0) is 14.3. The van der Waals surface area contributed by atoms with Crippen molar-refractivity contribution in [2.75, 3.05) is 19.5 Å². The lowest BCUT2D eigenvalue weighted by Crippen LogP contribution is -2.28. The van der Waals surface area contributed by atoms with E-state index >= 15 is 0 Å². The molecule has 0 aliphatic rings. The van der Waals surface area contributed by atoms with E-state index in [1.54, 1.807) is 19.2 Å². The Bertz CT molecular complexity index is 451. The molecule has 0 saturated carbocycles. The van der Waals surface area contributed by atoms with Gasteiger partial charge in [0.15, 0.2) is 0 Å². The van der Waals surface area contributed by atoms with Crippen LogP contribution in [-0.2, 0) is 0 Å². The molecule has 1 aromatic carbocycles. The second kappa shape index (κ2) is 7.74. The highest BCUT2D eigenvalue weighted by molar-refractivity contribution is 6.17. The van der Waals surface area contributed by atoms with Gasteiger partial charge in [0, 0.05) is 25.5 Å². The van der Waals surface area contributed by atoms with Gasteiger partial charge in [0.1, 0.15) is 5.56 Å². The lowest BCUT2D eigenvalue weighted by Gasteiger charge is -2.16. The van der Waals surface area contributed by atoms with Crippen LogP contribution >= 0.6 is 11.6 Å². The number of unbranched alkanes of at least 4 members (excludes halogenated alkanes) is 2. The second-order valence-electron chi connectivity index (χ2n) is 4.25. The third kappa shape index (κ3) is 4.52. The molecule has 0 bridgehead atoms. The number of para-hydroxylation sites is 1. The maximum absolute atomic E-state index is 12.1. The van der Waals surface area contributed by atoms with Crippen LogP contribution in [-0.4, -0.2) is 35.2 Å². The molecule has 0 aromatic heterocycles. The molecule has 0 saturated heterocycles. The highest BCUT2D eigenvalue weighted by atomic mass is 35.5. The number of hydrogen-bond acceptors (Lipinski definition) is 3. The van der Waals surface area contributed by atoms with E-state index in [0.717, 1.165) is 19.3 Å². The first-order valence-corrected chi connectivity index (χ1v) is 6.66. The average molecular weight is 285 g/mol. The number of nitro groups is 1. The Hall–Kier alpha value is -1.62. The van der Waals surface area contributed by atoms with Crippen LogP contribution < -0.4 is 0 Å². The minimum Gasteiger partial charge on any atom is -0.341 e. The van der Waals surface area contributed by atoms with Crippen molar-refractivity contribution >= 4 is 23.2 Å². The Balaban J connectivity index is 2.69. The molecule has 104 valence electrons. The Labute approximate surface area is 117 Å². The molecule has 1 aromatic rings. The highest BCUT2D eigenvalue weighted by Gasteiger charge is 2.21. The Kier molecular flexibility index (Phi) is 6.29. The summed E-state index contributed by atoms with van der Waals surface area (Å²) in [5, 5.41) is 10.9. The first kappa shape index (κ1) is 15.4. The number of rotatable bonds is 7. The number of hydrogen-bond donors (Lipinski definition) is 0. The molecule has 1 rings (SSSR count). The van der Waals surface area contributed by atoms with Crippen molar-refractivity contribution in [1.29, 1.82) is 0 Å². The highest BCUT2D eigenvalue weighted by Crippen LogP contribution is 2.19. The zero-order valence-corrected chi connectivity index (χ0v) is 11.6.